The average Bonchev–Trinajstić information content (AvgIpc) is 1.67. The van der Waals surface area contributed by atoms with Crippen LogP contribution in [-0.2, 0) is 4.74 Å². The van der Waals surface area contributed by atoms with E-state index in [4.69, 9.17) is 4.74 Å². The van der Waals surface area contributed by atoms with Gasteiger partial charge in [-0.05, 0) is 0 Å². The molecule has 1 nitrogen and oxygen atoms in total. The Bertz CT molecular complexity index is 134. The molecule has 1 saturated heterocycles. The molecule has 2 bridgehead atoms. The highest BCUT2D eigenvalue weighted by Gasteiger charge is 2.30. The minimum Gasteiger partial charge on any atom is -0.361 e. The quantitative estimate of drug-likeness (QED) is 0.398. The third-order valence-corrected chi connectivity index (χ3v) is 1.43. The summed E-state index contributed by atoms with van der Waals surface area (Å²) >= 11 is 0. The largest absolute Gasteiger partial charge is 0.361 e. The normalized spacial score (nSPS) is 43.4. The van der Waals surface area contributed by atoms with Gasteiger partial charge >= 0.3 is 0 Å². The number of hydrogen-bond donors (Lipinski definition) is 0. The summed E-state index contributed by atoms with van der Waals surface area (Å²) in [5.74, 6) is 5.98. The molecule has 2 unspecified atom stereocenters. The SMILES string of the molecule is C1#CC2CC(C1)O2. The van der Waals surface area contributed by atoms with E-state index in [1.54, 1.807) is 0 Å². The molecule has 2 heterocycles. The van der Waals surface area contributed by atoms with Crippen molar-refractivity contribution in [1.29, 1.82) is 0 Å². The topological polar surface area (TPSA) is 9.23 Å². The van der Waals surface area contributed by atoms with Crippen LogP contribution in [0.5, 0.6) is 0 Å². The highest BCUT2D eigenvalue weighted by Crippen LogP contribution is 2.25. The van der Waals surface area contributed by atoms with Crippen molar-refractivity contribution in [2.75, 3.05) is 0 Å². The first-order valence-corrected chi connectivity index (χ1v) is 2.59. The van der Waals surface area contributed by atoms with Gasteiger partial charge in [-0.25, -0.2) is 0 Å². The van der Waals surface area contributed by atoms with Gasteiger partial charge < -0.3 is 4.74 Å². The summed E-state index contributed by atoms with van der Waals surface area (Å²) in [6, 6.07) is 0. The van der Waals surface area contributed by atoms with Gasteiger partial charge in [0.25, 0.3) is 0 Å². The summed E-state index contributed by atoms with van der Waals surface area (Å²) in [6.07, 6.45) is 2.98. The molecular formula is C6H6O. The van der Waals surface area contributed by atoms with Crippen molar-refractivity contribution >= 4 is 0 Å². The van der Waals surface area contributed by atoms with E-state index in [9.17, 15) is 0 Å². The third kappa shape index (κ3) is 0.374. The Kier molecular flexibility index (Phi) is 0.511. The van der Waals surface area contributed by atoms with E-state index < -0.39 is 0 Å². The van der Waals surface area contributed by atoms with Gasteiger partial charge in [-0.3, -0.25) is 0 Å². The fourth-order valence-corrected chi connectivity index (χ4v) is 0.971. The molecule has 0 spiro atoms. The Morgan fingerprint density at radius 2 is 2.43 bits per heavy atom. The first kappa shape index (κ1) is 3.51. The monoisotopic (exact) mass is 94.0 g/mol. The molecule has 36 valence electrons. The van der Waals surface area contributed by atoms with Crippen LogP contribution >= 0.6 is 0 Å². The Morgan fingerprint density at radius 3 is 2.57 bits per heavy atom. The minimum atomic E-state index is 0.318. The van der Waals surface area contributed by atoms with Crippen LogP contribution in [0, 0.1) is 11.8 Å². The van der Waals surface area contributed by atoms with Gasteiger partial charge in [0.2, 0.25) is 0 Å². The van der Waals surface area contributed by atoms with E-state index in [2.05, 4.69) is 11.8 Å². The minimum absolute atomic E-state index is 0.318. The lowest BCUT2D eigenvalue weighted by Crippen LogP contribution is -2.38. The summed E-state index contributed by atoms with van der Waals surface area (Å²) in [7, 11) is 0. The zero-order valence-corrected chi connectivity index (χ0v) is 3.98. The van der Waals surface area contributed by atoms with Gasteiger partial charge in [-0.2, -0.15) is 0 Å². The van der Waals surface area contributed by atoms with Crippen LogP contribution in [0.25, 0.3) is 0 Å². The van der Waals surface area contributed by atoms with Crippen molar-refractivity contribution < 1.29 is 4.74 Å². The second-order valence-electron chi connectivity index (χ2n) is 2.01. The van der Waals surface area contributed by atoms with Gasteiger partial charge in [-0.15, -0.1) is 0 Å². The van der Waals surface area contributed by atoms with Crippen molar-refractivity contribution in [3.63, 3.8) is 0 Å². The summed E-state index contributed by atoms with van der Waals surface area (Å²) in [5.41, 5.74) is 0. The molecule has 2 aliphatic heterocycles. The Hall–Kier alpha value is -0.480. The molecule has 0 radical (unpaired) electrons. The summed E-state index contributed by atoms with van der Waals surface area (Å²) in [5, 5.41) is 0. The number of rotatable bonds is 0. The van der Waals surface area contributed by atoms with Gasteiger partial charge in [0, 0.05) is 12.8 Å². The standard InChI is InChI=1S/C6H6O/c1-2-5-4-6(3-1)7-5/h5-6H,2,4H2. The van der Waals surface area contributed by atoms with Crippen molar-refractivity contribution in [1.82, 2.24) is 0 Å². The fraction of sp³-hybridized carbons (Fsp3) is 0.667. The van der Waals surface area contributed by atoms with Crippen LogP contribution in [0.2, 0.25) is 0 Å². The molecule has 0 aromatic heterocycles. The van der Waals surface area contributed by atoms with Crippen molar-refractivity contribution in [2.45, 2.75) is 25.0 Å². The summed E-state index contributed by atoms with van der Waals surface area (Å²) in [4.78, 5) is 0. The summed E-state index contributed by atoms with van der Waals surface area (Å²) < 4.78 is 5.20. The molecule has 0 N–H and O–H groups in total. The van der Waals surface area contributed by atoms with E-state index >= 15 is 0 Å². The van der Waals surface area contributed by atoms with Gasteiger partial charge in [-0.1, -0.05) is 11.8 Å². The maximum atomic E-state index is 5.20. The zero-order valence-electron chi connectivity index (χ0n) is 3.98. The molecule has 3 rings (SSSR count). The van der Waals surface area contributed by atoms with Crippen molar-refractivity contribution in [3.8, 4) is 11.8 Å². The Balaban J connectivity index is 2.26. The highest BCUT2D eigenvalue weighted by atomic mass is 16.5. The van der Waals surface area contributed by atoms with Crippen LogP contribution in [0.15, 0.2) is 0 Å². The average molecular weight is 94.1 g/mol. The van der Waals surface area contributed by atoms with E-state index in [1.807, 2.05) is 0 Å². The van der Waals surface area contributed by atoms with Crippen molar-refractivity contribution in [3.05, 3.63) is 0 Å². The van der Waals surface area contributed by atoms with E-state index in [1.165, 1.54) is 6.42 Å². The summed E-state index contributed by atoms with van der Waals surface area (Å²) in [6.45, 7) is 0. The molecule has 1 fully saturated rings. The van der Waals surface area contributed by atoms with Crippen LogP contribution in [0.1, 0.15) is 12.8 Å². The predicted molar refractivity (Wildman–Crippen MR) is 25.7 cm³/mol. The first-order valence-electron chi connectivity index (χ1n) is 2.59. The third-order valence-electron chi connectivity index (χ3n) is 1.43. The Labute approximate surface area is 42.7 Å². The lowest BCUT2D eigenvalue weighted by Gasteiger charge is -2.34. The van der Waals surface area contributed by atoms with Crippen LogP contribution in [-0.4, -0.2) is 12.2 Å². The maximum absolute atomic E-state index is 5.20. The van der Waals surface area contributed by atoms with Crippen LogP contribution < -0.4 is 0 Å². The second-order valence-corrected chi connectivity index (χ2v) is 2.01. The van der Waals surface area contributed by atoms with Crippen molar-refractivity contribution in [2.24, 2.45) is 0 Å². The molecule has 0 aromatic carbocycles. The highest BCUT2D eigenvalue weighted by molar-refractivity contribution is 5.16. The van der Waals surface area contributed by atoms with Gasteiger partial charge in [0.15, 0.2) is 0 Å². The number of hydrogen-bond acceptors (Lipinski definition) is 1. The smallest absolute Gasteiger partial charge is 0.121 e. The molecular weight excluding hydrogens is 88.1 g/mol. The van der Waals surface area contributed by atoms with Gasteiger partial charge in [0.05, 0.1) is 6.10 Å². The molecule has 7 heavy (non-hydrogen) atoms. The van der Waals surface area contributed by atoms with E-state index in [-0.39, 0.29) is 0 Å². The molecule has 0 amide bonds. The number of ether oxygens (including phenoxy) is 1. The fourth-order valence-electron chi connectivity index (χ4n) is 0.971. The van der Waals surface area contributed by atoms with Gasteiger partial charge in [0.1, 0.15) is 6.10 Å². The van der Waals surface area contributed by atoms with Crippen LogP contribution in [0.3, 0.4) is 0 Å². The first-order chi connectivity index (χ1) is 3.45. The van der Waals surface area contributed by atoms with E-state index in [0.717, 1.165) is 6.42 Å². The van der Waals surface area contributed by atoms with E-state index in [0.29, 0.717) is 12.2 Å². The molecule has 0 saturated carbocycles. The lowest BCUT2D eigenvalue weighted by atomic mass is 9.98. The molecule has 0 aromatic rings. The Morgan fingerprint density at radius 1 is 1.57 bits per heavy atom. The molecule has 3 aliphatic rings. The molecule has 1 heteroatoms. The second kappa shape index (κ2) is 1.02. The lowest BCUT2D eigenvalue weighted by molar-refractivity contribution is -0.0937. The van der Waals surface area contributed by atoms with Crippen LogP contribution in [0.4, 0.5) is 0 Å². The molecule has 2 atom stereocenters. The predicted octanol–water partition coefficient (Wildman–Crippen LogP) is 0.551. The number of fused-ring (bicyclic) bond motifs is 1. The molecule has 1 aliphatic carbocycles. The zero-order chi connectivity index (χ0) is 4.69. The maximum Gasteiger partial charge on any atom is 0.121 e.